The van der Waals surface area contributed by atoms with Crippen molar-refractivity contribution in [1.82, 2.24) is 14.5 Å². The van der Waals surface area contributed by atoms with Crippen LogP contribution in [0.25, 0.3) is 0 Å². The predicted octanol–water partition coefficient (Wildman–Crippen LogP) is 0.337. The van der Waals surface area contributed by atoms with E-state index in [1.807, 2.05) is 11.9 Å². The number of nitrogens with one attached hydrogen (secondary N) is 1. The first-order chi connectivity index (χ1) is 9.91. The summed E-state index contributed by atoms with van der Waals surface area (Å²) in [6.45, 7) is 2.38. The summed E-state index contributed by atoms with van der Waals surface area (Å²) in [4.78, 5) is 6.33. The lowest BCUT2D eigenvalue weighted by molar-refractivity contribution is 0.464. The highest BCUT2D eigenvalue weighted by molar-refractivity contribution is 7.89. The van der Waals surface area contributed by atoms with E-state index < -0.39 is 15.8 Å². The Morgan fingerprint density at radius 1 is 1.38 bits per heavy atom. The first-order valence-electron chi connectivity index (χ1n) is 6.62. The molecule has 1 aromatic carbocycles. The summed E-state index contributed by atoms with van der Waals surface area (Å²) in [6.07, 6.45) is 0. The van der Waals surface area contributed by atoms with Crippen molar-refractivity contribution in [1.29, 1.82) is 0 Å². The molecule has 1 aliphatic rings. The fraction of sp³-hybridized carbons (Fsp3) is 0.462. The molecule has 1 aromatic rings. The smallest absolute Gasteiger partial charge is 0.242 e. The van der Waals surface area contributed by atoms with Crippen LogP contribution in [0.4, 0.5) is 4.39 Å². The van der Waals surface area contributed by atoms with Gasteiger partial charge >= 0.3 is 0 Å². The van der Waals surface area contributed by atoms with Gasteiger partial charge in [-0.1, -0.05) is 0 Å². The van der Waals surface area contributed by atoms with Crippen LogP contribution in [-0.4, -0.2) is 63.9 Å². The zero-order chi connectivity index (χ0) is 15.5. The summed E-state index contributed by atoms with van der Waals surface area (Å²) < 4.78 is 38.6. The Kier molecular flexibility index (Phi) is 4.79. The third-order valence-electron chi connectivity index (χ3n) is 3.29. The molecule has 1 N–H and O–H groups in total. The fourth-order valence-corrected chi connectivity index (χ4v) is 3.13. The topological polar surface area (TPSA) is 65.0 Å². The van der Waals surface area contributed by atoms with Crippen molar-refractivity contribution in [3.05, 3.63) is 30.1 Å². The van der Waals surface area contributed by atoms with Gasteiger partial charge in [0.2, 0.25) is 10.0 Å². The maximum absolute atomic E-state index is 12.9. The molecule has 1 heterocycles. The number of guanidine groups is 1. The Morgan fingerprint density at radius 2 is 2.05 bits per heavy atom. The molecule has 0 saturated heterocycles. The van der Waals surface area contributed by atoms with Crippen molar-refractivity contribution >= 4 is 16.0 Å². The molecule has 0 fully saturated rings. The summed E-state index contributed by atoms with van der Waals surface area (Å²) >= 11 is 0. The second-order valence-electron chi connectivity index (χ2n) is 4.83. The molecule has 0 saturated carbocycles. The maximum Gasteiger partial charge on any atom is 0.242 e. The average molecular weight is 314 g/mol. The van der Waals surface area contributed by atoms with Crippen LogP contribution >= 0.6 is 0 Å². The van der Waals surface area contributed by atoms with Gasteiger partial charge in [-0.15, -0.1) is 0 Å². The Morgan fingerprint density at radius 3 is 2.62 bits per heavy atom. The fourth-order valence-electron chi connectivity index (χ4n) is 1.96. The quantitative estimate of drug-likeness (QED) is 0.851. The number of nitrogens with zero attached hydrogens (tertiary/aromatic N) is 3. The molecule has 2 rings (SSSR count). The standard InChI is InChI=1S/C13H19FN4O2S/c1-17-9-7-15-13(17)16-8-10-18(2)21(19,20)12-5-3-11(14)4-6-12/h3-6H,7-10H2,1-2H3,(H,15,16). The summed E-state index contributed by atoms with van der Waals surface area (Å²) in [5, 5.41) is 3.10. The van der Waals surface area contributed by atoms with E-state index in [1.165, 1.54) is 23.5 Å². The molecule has 0 aromatic heterocycles. The Balaban J connectivity index is 1.92. The minimum absolute atomic E-state index is 0.0849. The van der Waals surface area contributed by atoms with E-state index in [1.54, 1.807) is 0 Å². The highest BCUT2D eigenvalue weighted by atomic mass is 32.2. The molecule has 0 aliphatic carbocycles. The van der Waals surface area contributed by atoms with Gasteiger partial charge in [0.15, 0.2) is 5.96 Å². The number of benzene rings is 1. The molecule has 0 spiro atoms. The lowest BCUT2D eigenvalue weighted by Crippen LogP contribution is -2.40. The van der Waals surface area contributed by atoms with Crippen molar-refractivity contribution in [2.75, 3.05) is 40.3 Å². The Bertz CT molecular complexity index is 616. The minimum Gasteiger partial charge on any atom is -0.355 e. The van der Waals surface area contributed by atoms with Gasteiger partial charge in [-0.25, -0.2) is 12.8 Å². The number of aliphatic imine (C=N–C) groups is 1. The lowest BCUT2D eigenvalue weighted by atomic mass is 10.4. The third-order valence-corrected chi connectivity index (χ3v) is 5.16. The minimum atomic E-state index is -3.59. The van der Waals surface area contributed by atoms with Gasteiger partial charge in [0.1, 0.15) is 5.82 Å². The summed E-state index contributed by atoms with van der Waals surface area (Å²) in [5.41, 5.74) is 0. The molecule has 0 radical (unpaired) electrons. The zero-order valence-electron chi connectivity index (χ0n) is 12.1. The largest absolute Gasteiger partial charge is 0.355 e. The first kappa shape index (κ1) is 15.7. The van der Waals surface area contributed by atoms with Crippen molar-refractivity contribution in [3.63, 3.8) is 0 Å². The zero-order valence-corrected chi connectivity index (χ0v) is 12.9. The third kappa shape index (κ3) is 3.70. The predicted molar refractivity (Wildman–Crippen MR) is 79.2 cm³/mol. The molecule has 1 aliphatic heterocycles. The molecule has 0 bridgehead atoms. The average Bonchev–Trinajstić information content (AvgIpc) is 2.85. The number of likely N-dealkylation sites (N-methyl/N-ethyl adjacent to an activating group) is 2. The maximum atomic E-state index is 12.9. The van der Waals surface area contributed by atoms with Crippen molar-refractivity contribution in [2.24, 2.45) is 4.99 Å². The van der Waals surface area contributed by atoms with Crippen molar-refractivity contribution in [2.45, 2.75) is 4.90 Å². The molecule has 0 amide bonds. The Labute approximate surface area is 124 Å². The van der Waals surface area contributed by atoms with Crippen LogP contribution in [-0.2, 0) is 10.0 Å². The number of hydrogen-bond acceptors (Lipinski definition) is 5. The summed E-state index contributed by atoms with van der Waals surface area (Å²) in [6, 6.07) is 4.81. The molecular formula is C13H19FN4O2S. The van der Waals surface area contributed by atoms with E-state index in [4.69, 9.17) is 0 Å². The molecule has 0 unspecified atom stereocenters. The second kappa shape index (κ2) is 6.40. The number of sulfonamides is 1. The summed E-state index contributed by atoms with van der Waals surface area (Å²) in [5.74, 6) is 0.322. The van der Waals surface area contributed by atoms with Crippen molar-refractivity contribution in [3.8, 4) is 0 Å². The highest BCUT2D eigenvalue weighted by Gasteiger charge is 2.20. The lowest BCUT2D eigenvalue weighted by Gasteiger charge is -2.19. The van der Waals surface area contributed by atoms with E-state index in [0.29, 0.717) is 13.1 Å². The molecular weight excluding hydrogens is 295 g/mol. The van der Waals surface area contributed by atoms with E-state index in [9.17, 15) is 12.8 Å². The SMILES string of the molecule is CN1CCN=C1NCCN(C)S(=O)(=O)c1ccc(F)cc1. The van der Waals surface area contributed by atoms with E-state index >= 15 is 0 Å². The van der Waals surface area contributed by atoms with Gasteiger partial charge in [-0.3, -0.25) is 4.99 Å². The summed E-state index contributed by atoms with van der Waals surface area (Å²) in [7, 11) is -0.163. The van der Waals surface area contributed by atoms with E-state index in [0.717, 1.165) is 31.2 Å². The highest BCUT2D eigenvalue weighted by Crippen LogP contribution is 2.14. The Hall–Kier alpha value is -1.67. The van der Waals surface area contributed by atoms with Gasteiger partial charge in [0.05, 0.1) is 11.4 Å². The van der Waals surface area contributed by atoms with E-state index in [2.05, 4.69) is 10.3 Å². The molecule has 0 atom stereocenters. The molecule has 8 heteroatoms. The van der Waals surface area contributed by atoms with Gasteiger partial charge in [-0.2, -0.15) is 4.31 Å². The van der Waals surface area contributed by atoms with Crippen LogP contribution in [0.15, 0.2) is 34.2 Å². The van der Waals surface area contributed by atoms with Gasteiger partial charge < -0.3 is 10.2 Å². The van der Waals surface area contributed by atoms with Crippen LogP contribution in [0.5, 0.6) is 0 Å². The van der Waals surface area contributed by atoms with Crippen LogP contribution < -0.4 is 5.32 Å². The van der Waals surface area contributed by atoms with Gasteiger partial charge in [-0.05, 0) is 24.3 Å². The molecule has 21 heavy (non-hydrogen) atoms. The van der Waals surface area contributed by atoms with Crippen LogP contribution in [0.1, 0.15) is 0 Å². The molecule has 116 valence electrons. The monoisotopic (exact) mass is 314 g/mol. The number of rotatable bonds is 5. The second-order valence-corrected chi connectivity index (χ2v) is 6.88. The van der Waals surface area contributed by atoms with Crippen LogP contribution in [0, 0.1) is 5.82 Å². The van der Waals surface area contributed by atoms with Crippen LogP contribution in [0.2, 0.25) is 0 Å². The van der Waals surface area contributed by atoms with Crippen LogP contribution in [0.3, 0.4) is 0 Å². The van der Waals surface area contributed by atoms with E-state index in [-0.39, 0.29) is 4.90 Å². The van der Waals surface area contributed by atoms with Gasteiger partial charge in [0.25, 0.3) is 0 Å². The normalized spacial score (nSPS) is 15.4. The number of hydrogen-bond donors (Lipinski definition) is 1. The molecule has 6 nitrogen and oxygen atoms in total. The first-order valence-corrected chi connectivity index (χ1v) is 8.06. The van der Waals surface area contributed by atoms with Gasteiger partial charge in [0, 0.05) is 33.7 Å². The number of halogens is 1. The van der Waals surface area contributed by atoms with Crippen molar-refractivity contribution < 1.29 is 12.8 Å².